The lowest BCUT2D eigenvalue weighted by molar-refractivity contribution is -0.146. The van der Waals surface area contributed by atoms with Gasteiger partial charge in [-0.15, -0.1) is 0 Å². The van der Waals surface area contributed by atoms with E-state index in [1.165, 1.54) is 0 Å². The molecule has 0 bridgehead atoms. The first-order valence-electron chi connectivity index (χ1n) is 6.07. The quantitative estimate of drug-likeness (QED) is 0.727. The van der Waals surface area contributed by atoms with E-state index in [4.69, 9.17) is 5.11 Å². The summed E-state index contributed by atoms with van der Waals surface area (Å²) in [5.41, 5.74) is 0. The van der Waals surface area contributed by atoms with E-state index in [2.05, 4.69) is 12.2 Å². The molecule has 92 valence electrons. The molecule has 4 nitrogen and oxygen atoms in total. The van der Waals surface area contributed by atoms with Crippen molar-refractivity contribution in [3.63, 3.8) is 0 Å². The second kappa shape index (κ2) is 5.87. The van der Waals surface area contributed by atoms with Crippen LogP contribution in [0, 0.1) is 11.8 Å². The Morgan fingerprint density at radius 3 is 2.56 bits per heavy atom. The molecule has 1 fully saturated rings. The van der Waals surface area contributed by atoms with Gasteiger partial charge in [-0.25, -0.2) is 0 Å². The molecule has 1 aliphatic carbocycles. The van der Waals surface area contributed by atoms with Crippen LogP contribution in [-0.4, -0.2) is 23.0 Å². The van der Waals surface area contributed by atoms with Gasteiger partial charge < -0.3 is 10.4 Å². The molecular formula is C12H21NO3. The average molecular weight is 227 g/mol. The van der Waals surface area contributed by atoms with Crippen LogP contribution in [0.1, 0.15) is 46.0 Å². The molecule has 1 atom stereocenters. The Labute approximate surface area is 96.4 Å². The fraction of sp³-hybridized carbons (Fsp3) is 0.833. The third kappa shape index (κ3) is 3.51. The Hall–Kier alpha value is -1.06. The highest BCUT2D eigenvalue weighted by Crippen LogP contribution is 2.27. The molecule has 0 aromatic rings. The van der Waals surface area contributed by atoms with Crippen LogP contribution in [-0.2, 0) is 9.59 Å². The predicted molar refractivity (Wildman–Crippen MR) is 61.0 cm³/mol. The molecule has 0 aromatic heterocycles. The van der Waals surface area contributed by atoms with E-state index in [1.54, 1.807) is 0 Å². The second-order valence-electron chi connectivity index (χ2n) is 4.76. The maximum absolute atomic E-state index is 11.7. The van der Waals surface area contributed by atoms with Crippen molar-refractivity contribution in [1.82, 2.24) is 5.32 Å². The minimum Gasteiger partial charge on any atom is -0.481 e. The number of hydrogen-bond acceptors (Lipinski definition) is 2. The van der Waals surface area contributed by atoms with Gasteiger partial charge in [0.1, 0.15) is 0 Å². The predicted octanol–water partition coefficient (Wildman–Crippen LogP) is 1.79. The van der Waals surface area contributed by atoms with Crippen LogP contribution >= 0.6 is 0 Å². The van der Waals surface area contributed by atoms with Gasteiger partial charge in [0, 0.05) is 12.0 Å². The molecule has 16 heavy (non-hydrogen) atoms. The second-order valence-corrected chi connectivity index (χ2v) is 4.76. The van der Waals surface area contributed by atoms with Crippen molar-refractivity contribution in [2.24, 2.45) is 11.8 Å². The number of hydrogen-bond donors (Lipinski definition) is 2. The van der Waals surface area contributed by atoms with Crippen molar-refractivity contribution < 1.29 is 14.7 Å². The number of rotatable bonds is 6. The summed E-state index contributed by atoms with van der Waals surface area (Å²) in [4.78, 5) is 22.2. The van der Waals surface area contributed by atoms with Crippen molar-refractivity contribution in [3.8, 4) is 0 Å². The third-order valence-corrected chi connectivity index (χ3v) is 3.27. The summed E-state index contributed by atoms with van der Waals surface area (Å²) in [6.07, 6.45) is 4.25. The third-order valence-electron chi connectivity index (χ3n) is 3.27. The number of aliphatic carboxylic acids is 1. The Morgan fingerprint density at radius 1 is 1.44 bits per heavy atom. The van der Waals surface area contributed by atoms with Crippen LogP contribution in [0.4, 0.5) is 0 Å². The van der Waals surface area contributed by atoms with E-state index in [1.807, 2.05) is 6.92 Å². The fourth-order valence-corrected chi connectivity index (χ4v) is 1.92. The normalized spacial score (nSPS) is 25.6. The van der Waals surface area contributed by atoms with E-state index < -0.39 is 5.97 Å². The largest absolute Gasteiger partial charge is 0.481 e. The number of carbonyl (C=O) groups excluding carboxylic acids is 1. The topological polar surface area (TPSA) is 66.4 Å². The maximum Gasteiger partial charge on any atom is 0.306 e. The Kier molecular flexibility index (Phi) is 4.77. The highest BCUT2D eigenvalue weighted by molar-refractivity contribution is 5.79. The summed E-state index contributed by atoms with van der Waals surface area (Å²) < 4.78 is 0. The first-order chi connectivity index (χ1) is 7.54. The molecule has 1 rings (SSSR count). The molecule has 1 unspecified atom stereocenters. The molecule has 1 saturated carbocycles. The number of carbonyl (C=O) groups is 2. The lowest BCUT2D eigenvalue weighted by atomic mass is 9.80. The highest BCUT2D eigenvalue weighted by atomic mass is 16.4. The first-order valence-corrected chi connectivity index (χ1v) is 6.07. The van der Waals surface area contributed by atoms with Crippen molar-refractivity contribution in [3.05, 3.63) is 0 Å². The summed E-state index contributed by atoms with van der Waals surface area (Å²) in [5, 5.41) is 11.6. The lowest BCUT2D eigenvalue weighted by Crippen LogP contribution is -2.48. The summed E-state index contributed by atoms with van der Waals surface area (Å²) >= 11 is 0. The smallest absolute Gasteiger partial charge is 0.306 e. The standard InChI is InChI=1S/C12H21NO3/c1-3-4-5-8(2)11(14)13-10-6-9(7-10)12(15)16/h8-10H,3-7H2,1-2H3,(H,13,14)(H,15,16). The molecule has 0 spiro atoms. The number of unbranched alkanes of at least 4 members (excludes halogenated alkanes) is 1. The average Bonchev–Trinajstić information content (AvgIpc) is 2.18. The zero-order valence-electron chi connectivity index (χ0n) is 10.0. The molecule has 0 aromatic carbocycles. The van der Waals surface area contributed by atoms with Gasteiger partial charge in [0.25, 0.3) is 0 Å². The van der Waals surface area contributed by atoms with E-state index in [9.17, 15) is 9.59 Å². The molecule has 1 aliphatic rings. The van der Waals surface area contributed by atoms with Gasteiger partial charge in [0.2, 0.25) is 5.91 Å². The summed E-state index contributed by atoms with van der Waals surface area (Å²) in [6.45, 7) is 4.03. The van der Waals surface area contributed by atoms with Crippen LogP contribution in [0.15, 0.2) is 0 Å². The minimum atomic E-state index is -0.746. The monoisotopic (exact) mass is 227 g/mol. The summed E-state index contributed by atoms with van der Waals surface area (Å²) in [7, 11) is 0. The molecule has 4 heteroatoms. The molecular weight excluding hydrogens is 206 g/mol. The van der Waals surface area contributed by atoms with Gasteiger partial charge >= 0.3 is 5.97 Å². The SMILES string of the molecule is CCCCC(C)C(=O)NC1CC(C(=O)O)C1. The van der Waals surface area contributed by atoms with Gasteiger partial charge in [0.05, 0.1) is 5.92 Å². The van der Waals surface area contributed by atoms with Gasteiger partial charge in [-0.1, -0.05) is 26.7 Å². The van der Waals surface area contributed by atoms with Crippen LogP contribution in [0.5, 0.6) is 0 Å². The van der Waals surface area contributed by atoms with Gasteiger partial charge in [0.15, 0.2) is 0 Å². The van der Waals surface area contributed by atoms with Crippen LogP contribution < -0.4 is 5.32 Å². The first kappa shape index (κ1) is 13.0. The van der Waals surface area contributed by atoms with Crippen LogP contribution in [0.25, 0.3) is 0 Å². The van der Waals surface area contributed by atoms with Crippen LogP contribution in [0.2, 0.25) is 0 Å². The lowest BCUT2D eigenvalue weighted by Gasteiger charge is -2.33. The van der Waals surface area contributed by atoms with Crippen molar-refractivity contribution in [2.45, 2.75) is 52.0 Å². The highest BCUT2D eigenvalue weighted by Gasteiger charge is 2.35. The van der Waals surface area contributed by atoms with E-state index in [0.717, 1.165) is 19.3 Å². The fourth-order valence-electron chi connectivity index (χ4n) is 1.92. The molecule has 0 heterocycles. The molecule has 0 aliphatic heterocycles. The van der Waals surface area contributed by atoms with E-state index in [-0.39, 0.29) is 23.8 Å². The van der Waals surface area contributed by atoms with Crippen molar-refractivity contribution >= 4 is 11.9 Å². The number of nitrogens with one attached hydrogen (secondary N) is 1. The number of carboxylic acids is 1. The van der Waals surface area contributed by atoms with Gasteiger partial charge in [-0.2, -0.15) is 0 Å². The Morgan fingerprint density at radius 2 is 2.06 bits per heavy atom. The molecule has 0 radical (unpaired) electrons. The molecule has 0 saturated heterocycles. The Balaban J connectivity index is 2.18. The van der Waals surface area contributed by atoms with E-state index in [0.29, 0.717) is 12.8 Å². The van der Waals surface area contributed by atoms with Gasteiger partial charge in [-0.3, -0.25) is 9.59 Å². The maximum atomic E-state index is 11.7. The molecule has 1 amide bonds. The zero-order valence-corrected chi connectivity index (χ0v) is 10.0. The summed E-state index contributed by atoms with van der Waals surface area (Å²) in [5.74, 6) is -0.883. The van der Waals surface area contributed by atoms with E-state index >= 15 is 0 Å². The van der Waals surface area contributed by atoms with Crippen molar-refractivity contribution in [2.75, 3.05) is 0 Å². The van der Waals surface area contributed by atoms with Crippen LogP contribution in [0.3, 0.4) is 0 Å². The number of amides is 1. The summed E-state index contributed by atoms with van der Waals surface area (Å²) in [6, 6.07) is 0.0812. The Bertz CT molecular complexity index is 259. The van der Waals surface area contributed by atoms with Gasteiger partial charge in [-0.05, 0) is 19.3 Å². The number of carboxylic acid groups (broad SMARTS) is 1. The zero-order chi connectivity index (χ0) is 12.1. The molecule has 2 N–H and O–H groups in total. The van der Waals surface area contributed by atoms with Crippen molar-refractivity contribution in [1.29, 1.82) is 0 Å². The minimum absolute atomic E-state index is 0.0452.